The maximum atomic E-state index is 4.54. The van der Waals surface area contributed by atoms with Crippen molar-refractivity contribution in [3.8, 4) is 0 Å². The molecule has 3 heteroatoms. The summed E-state index contributed by atoms with van der Waals surface area (Å²) in [7, 11) is 0. The van der Waals surface area contributed by atoms with Crippen LogP contribution >= 0.6 is 11.3 Å². The van der Waals surface area contributed by atoms with E-state index in [9.17, 15) is 0 Å². The Balaban J connectivity index is 1.83. The number of rotatable bonds is 4. The molecule has 0 bridgehead atoms. The molecule has 2 unspecified atom stereocenters. The van der Waals surface area contributed by atoms with Gasteiger partial charge in [-0.15, -0.1) is 11.3 Å². The van der Waals surface area contributed by atoms with Crippen molar-refractivity contribution in [3.05, 3.63) is 16.1 Å². The summed E-state index contributed by atoms with van der Waals surface area (Å²) < 4.78 is 0. The maximum absolute atomic E-state index is 4.54. The molecule has 0 spiro atoms. The first-order valence-corrected chi connectivity index (χ1v) is 8.49. The number of aromatic nitrogens is 1. The first kappa shape index (κ1) is 15.0. The molecule has 19 heavy (non-hydrogen) atoms. The summed E-state index contributed by atoms with van der Waals surface area (Å²) in [6, 6.07) is 0.702. The Morgan fingerprint density at radius 1 is 1.32 bits per heavy atom. The summed E-state index contributed by atoms with van der Waals surface area (Å²) in [6.07, 6.45) is 6.60. The van der Waals surface area contributed by atoms with E-state index in [0.717, 1.165) is 18.9 Å². The van der Waals surface area contributed by atoms with Gasteiger partial charge in [-0.3, -0.25) is 0 Å². The molecule has 1 aromatic heterocycles. The van der Waals surface area contributed by atoms with Crippen LogP contribution in [0.3, 0.4) is 0 Å². The largest absolute Gasteiger partial charge is 0.313 e. The molecule has 2 atom stereocenters. The van der Waals surface area contributed by atoms with Gasteiger partial charge >= 0.3 is 0 Å². The number of hydrogen-bond donors (Lipinski definition) is 1. The predicted molar refractivity (Wildman–Crippen MR) is 83.8 cm³/mol. The van der Waals surface area contributed by atoms with Gasteiger partial charge in [0.05, 0.1) is 10.7 Å². The third-order valence-electron chi connectivity index (χ3n) is 4.33. The van der Waals surface area contributed by atoms with E-state index in [2.05, 4.69) is 43.4 Å². The van der Waals surface area contributed by atoms with Crippen molar-refractivity contribution in [2.75, 3.05) is 6.54 Å². The van der Waals surface area contributed by atoms with Crippen molar-refractivity contribution in [2.45, 2.75) is 65.8 Å². The monoisotopic (exact) mass is 280 g/mol. The molecule has 1 fully saturated rings. The normalized spacial score (nSPS) is 24.6. The van der Waals surface area contributed by atoms with E-state index in [4.69, 9.17) is 0 Å². The minimum atomic E-state index is 0.426. The lowest BCUT2D eigenvalue weighted by atomic mass is 9.69. The summed E-state index contributed by atoms with van der Waals surface area (Å²) in [6.45, 7) is 10.3. The third kappa shape index (κ3) is 4.28. The van der Waals surface area contributed by atoms with Crippen LogP contribution in [0.1, 0.15) is 57.2 Å². The van der Waals surface area contributed by atoms with E-state index in [1.165, 1.54) is 36.4 Å². The fraction of sp³-hybridized carbons (Fsp3) is 0.812. The molecule has 1 N–H and O–H groups in total. The summed E-state index contributed by atoms with van der Waals surface area (Å²) in [4.78, 5) is 4.54. The molecule has 0 saturated heterocycles. The third-order valence-corrected chi connectivity index (χ3v) is 5.15. The number of nitrogens with one attached hydrogen (secondary N) is 1. The Morgan fingerprint density at radius 3 is 2.68 bits per heavy atom. The fourth-order valence-electron chi connectivity index (χ4n) is 3.32. The summed E-state index contributed by atoms with van der Waals surface area (Å²) in [5.41, 5.74) is 1.67. The topological polar surface area (TPSA) is 24.9 Å². The Labute approximate surface area is 122 Å². The molecule has 108 valence electrons. The second-order valence-electron chi connectivity index (χ2n) is 6.93. The van der Waals surface area contributed by atoms with Gasteiger partial charge in [0.1, 0.15) is 0 Å². The van der Waals surface area contributed by atoms with Crippen LogP contribution in [0, 0.1) is 18.3 Å². The van der Waals surface area contributed by atoms with E-state index in [0.29, 0.717) is 11.5 Å². The van der Waals surface area contributed by atoms with Crippen LogP contribution in [0.15, 0.2) is 5.38 Å². The second kappa shape index (κ2) is 6.36. The average Bonchev–Trinajstić information content (AvgIpc) is 2.74. The molecule has 2 nitrogen and oxygen atoms in total. The number of aryl methyl sites for hydroxylation is 1. The van der Waals surface area contributed by atoms with Crippen LogP contribution in [0.2, 0.25) is 0 Å². The lowest BCUT2D eigenvalue weighted by Gasteiger charge is -2.41. The summed E-state index contributed by atoms with van der Waals surface area (Å²) >= 11 is 1.76. The predicted octanol–water partition coefficient (Wildman–Crippen LogP) is 4.19. The Bertz CT molecular complexity index is 392. The SMILES string of the molecule is Cc1nc(CCNC2CCCCC2C(C)(C)C)cs1. The van der Waals surface area contributed by atoms with Crippen molar-refractivity contribution in [1.82, 2.24) is 10.3 Å². The molecule has 1 aliphatic rings. The quantitative estimate of drug-likeness (QED) is 0.894. The van der Waals surface area contributed by atoms with Crippen LogP contribution in [0.25, 0.3) is 0 Å². The number of thiazole rings is 1. The van der Waals surface area contributed by atoms with Crippen LogP contribution in [-0.2, 0) is 6.42 Å². The van der Waals surface area contributed by atoms with Gasteiger partial charge in [0.2, 0.25) is 0 Å². The highest BCUT2D eigenvalue weighted by Crippen LogP contribution is 2.37. The van der Waals surface area contributed by atoms with Gasteiger partial charge in [0, 0.05) is 24.4 Å². The molecule has 1 aromatic rings. The zero-order valence-corrected chi connectivity index (χ0v) is 13.6. The maximum Gasteiger partial charge on any atom is 0.0897 e. The van der Waals surface area contributed by atoms with Gasteiger partial charge in [0.15, 0.2) is 0 Å². The van der Waals surface area contributed by atoms with Gasteiger partial charge in [0.25, 0.3) is 0 Å². The molecular weight excluding hydrogens is 252 g/mol. The average molecular weight is 280 g/mol. The zero-order valence-electron chi connectivity index (χ0n) is 12.8. The first-order valence-electron chi connectivity index (χ1n) is 7.61. The molecule has 0 aliphatic heterocycles. The number of hydrogen-bond acceptors (Lipinski definition) is 3. The van der Waals surface area contributed by atoms with E-state index < -0.39 is 0 Å². The smallest absolute Gasteiger partial charge is 0.0897 e. The van der Waals surface area contributed by atoms with Crippen LogP contribution < -0.4 is 5.32 Å². The van der Waals surface area contributed by atoms with Crippen LogP contribution in [0.5, 0.6) is 0 Å². The molecular formula is C16H28N2S. The van der Waals surface area contributed by atoms with Crippen molar-refractivity contribution in [1.29, 1.82) is 0 Å². The zero-order chi connectivity index (χ0) is 13.9. The molecule has 2 rings (SSSR count). The van der Waals surface area contributed by atoms with Crippen LogP contribution in [-0.4, -0.2) is 17.6 Å². The second-order valence-corrected chi connectivity index (χ2v) is 7.99. The molecule has 0 aromatic carbocycles. The first-order chi connectivity index (χ1) is 8.97. The van der Waals surface area contributed by atoms with E-state index in [-0.39, 0.29) is 0 Å². The molecule has 1 saturated carbocycles. The van der Waals surface area contributed by atoms with Crippen molar-refractivity contribution in [2.24, 2.45) is 11.3 Å². The highest BCUT2D eigenvalue weighted by atomic mass is 32.1. The van der Waals surface area contributed by atoms with Gasteiger partial charge in [-0.05, 0) is 31.1 Å². The molecule has 1 heterocycles. The summed E-state index contributed by atoms with van der Waals surface area (Å²) in [5, 5.41) is 7.17. The lowest BCUT2D eigenvalue weighted by Crippen LogP contribution is -2.44. The standard InChI is InChI=1S/C16H28N2S/c1-12-18-13(11-19-12)9-10-17-15-8-6-5-7-14(15)16(2,3)4/h11,14-15,17H,5-10H2,1-4H3. The molecule has 0 radical (unpaired) electrons. The molecule has 0 amide bonds. The Kier molecular flexibility index (Phi) is 5.02. The highest BCUT2D eigenvalue weighted by molar-refractivity contribution is 7.09. The van der Waals surface area contributed by atoms with E-state index in [1.54, 1.807) is 11.3 Å². The van der Waals surface area contributed by atoms with Crippen LogP contribution in [0.4, 0.5) is 0 Å². The Hall–Kier alpha value is -0.410. The van der Waals surface area contributed by atoms with Gasteiger partial charge in [-0.25, -0.2) is 4.98 Å². The molecule has 1 aliphatic carbocycles. The minimum absolute atomic E-state index is 0.426. The highest BCUT2D eigenvalue weighted by Gasteiger charge is 2.33. The van der Waals surface area contributed by atoms with Crippen molar-refractivity contribution >= 4 is 11.3 Å². The van der Waals surface area contributed by atoms with Gasteiger partial charge < -0.3 is 5.32 Å². The van der Waals surface area contributed by atoms with E-state index in [1.807, 2.05) is 0 Å². The van der Waals surface area contributed by atoms with Crippen molar-refractivity contribution < 1.29 is 0 Å². The fourth-order valence-corrected chi connectivity index (χ4v) is 3.97. The number of nitrogens with zero attached hydrogens (tertiary/aromatic N) is 1. The summed E-state index contributed by atoms with van der Waals surface area (Å²) in [5.74, 6) is 0.818. The minimum Gasteiger partial charge on any atom is -0.313 e. The van der Waals surface area contributed by atoms with Gasteiger partial charge in [-0.2, -0.15) is 0 Å². The Morgan fingerprint density at radius 2 is 2.05 bits per heavy atom. The van der Waals surface area contributed by atoms with E-state index >= 15 is 0 Å². The van der Waals surface area contributed by atoms with Gasteiger partial charge in [-0.1, -0.05) is 33.6 Å². The lowest BCUT2D eigenvalue weighted by molar-refractivity contribution is 0.131. The van der Waals surface area contributed by atoms with Crippen molar-refractivity contribution in [3.63, 3.8) is 0 Å².